The van der Waals surface area contributed by atoms with Gasteiger partial charge in [-0.2, -0.15) is 5.10 Å². The van der Waals surface area contributed by atoms with Crippen molar-refractivity contribution in [3.05, 3.63) is 51.6 Å². The molecule has 10 nitrogen and oxygen atoms in total. The Labute approximate surface area is 225 Å². The normalized spacial score (nSPS) is 19.8. The maximum atomic E-state index is 13.1. The Morgan fingerprint density at radius 3 is 2.92 bits per heavy atom. The van der Waals surface area contributed by atoms with Crippen LogP contribution in [0, 0.1) is 0 Å². The van der Waals surface area contributed by atoms with E-state index in [0.29, 0.717) is 0 Å². The molecule has 1 aliphatic carbocycles. The smallest absolute Gasteiger partial charge is 0.261 e. The zero-order valence-electron chi connectivity index (χ0n) is 21.7. The van der Waals surface area contributed by atoms with Crippen molar-refractivity contribution >= 4 is 40.2 Å². The van der Waals surface area contributed by atoms with E-state index >= 15 is 0 Å². The third-order valence-electron chi connectivity index (χ3n) is 7.90. The predicted octanol–water partition coefficient (Wildman–Crippen LogP) is 3.45. The van der Waals surface area contributed by atoms with E-state index in [9.17, 15) is 4.79 Å². The van der Waals surface area contributed by atoms with Crippen LogP contribution in [0.25, 0.3) is 5.65 Å². The molecule has 0 radical (unpaired) electrons. The van der Waals surface area contributed by atoms with Gasteiger partial charge < -0.3 is 15.5 Å². The molecular weight excluding hydrogens is 498 g/mol. The lowest BCUT2D eigenvalue weighted by molar-refractivity contribution is 0.0937. The van der Waals surface area contributed by atoms with Crippen molar-refractivity contribution < 1.29 is 4.79 Å². The van der Waals surface area contributed by atoms with Crippen LogP contribution in [0.15, 0.2) is 30.6 Å². The molecule has 198 valence electrons. The number of hydrogen-bond acceptors (Lipinski definition) is 8. The van der Waals surface area contributed by atoms with Crippen molar-refractivity contribution in [2.45, 2.75) is 57.7 Å². The number of imidazole rings is 1. The molecule has 1 saturated heterocycles. The van der Waals surface area contributed by atoms with Crippen molar-refractivity contribution in [3.8, 4) is 0 Å². The number of thiophene rings is 1. The number of hydrogen-bond donors (Lipinski definition) is 2. The second-order valence-electron chi connectivity index (χ2n) is 10.7. The van der Waals surface area contributed by atoms with E-state index in [0.717, 1.165) is 86.3 Å². The van der Waals surface area contributed by atoms with Gasteiger partial charge in [-0.25, -0.2) is 9.50 Å². The maximum absolute atomic E-state index is 13.1. The molecule has 2 N–H and O–H groups in total. The van der Waals surface area contributed by atoms with Crippen molar-refractivity contribution in [1.82, 2.24) is 34.6 Å². The summed E-state index contributed by atoms with van der Waals surface area (Å²) >= 11 is 1.68. The highest BCUT2D eigenvalue weighted by molar-refractivity contribution is 7.14. The van der Waals surface area contributed by atoms with Crippen LogP contribution >= 0.6 is 11.3 Å². The summed E-state index contributed by atoms with van der Waals surface area (Å²) in [7, 11) is 2.13. The minimum absolute atomic E-state index is 0.0611. The van der Waals surface area contributed by atoms with Gasteiger partial charge in [-0.05, 0) is 57.2 Å². The number of carbonyl (C=O) groups is 1. The number of aryl methyl sites for hydroxylation is 2. The summed E-state index contributed by atoms with van der Waals surface area (Å²) in [5, 5.41) is 16.4. The highest BCUT2D eigenvalue weighted by Gasteiger charge is 2.26. The lowest BCUT2D eigenvalue weighted by Gasteiger charge is -2.34. The molecule has 4 aromatic rings. The lowest BCUT2D eigenvalue weighted by Crippen LogP contribution is -2.48. The van der Waals surface area contributed by atoms with E-state index in [1.165, 1.54) is 29.0 Å². The molecule has 1 fully saturated rings. The number of aromatic nitrogens is 5. The Morgan fingerprint density at radius 2 is 2.00 bits per heavy atom. The van der Waals surface area contributed by atoms with Gasteiger partial charge in [-0.3, -0.25) is 14.4 Å². The van der Waals surface area contributed by atoms with Crippen LogP contribution in [-0.2, 0) is 25.9 Å². The number of fused-ring (bicyclic) bond motifs is 3. The molecule has 0 saturated carbocycles. The molecule has 2 aliphatic heterocycles. The number of carbonyl (C=O) groups excluding carboxylic acids is 1. The topological polar surface area (TPSA) is 95.6 Å². The molecule has 0 unspecified atom stereocenters. The van der Waals surface area contributed by atoms with Gasteiger partial charge >= 0.3 is 0 Å². The number of nitrogens with one attached hydrogen (secondary N) is 2. The number of likely N-dealkylation sites (N-methyl/N-ethyl adjacent to an activating group) is 1. The summed E-state index contributed by atoms with van der Waals surface area (Å²) < 4.78 is 3.90. The largest absolute Gasteiger partial charge is 0.353 e. The van der Waals surface area contributed by atoms with E-state index in [1.807, 2.05) is 10.7 Å². The highest BCUT2D eigenvalue weighted by atomic mass is 32.1. The van der Waals surface area contributed by atoms with Gasteiger partial charge in [0.2, 0.25) is 0 Å². The Morgan fingerprint density at radius 1 is 1.08 bits per heavy atom. The molecule has 7 rings (SSSR count). The van der Waals surface area contributed by atoms with E-state index < -0.39 is 0 Å². The molecule has 11 heteroatoms. The van der Waals surface area contributed by atoms with E-state index in [2.05, 4.69) is 55.3 Å². The monoisotopic (exact) mass is 531 g/mol. The lowest BCUT2D eigenvalue weighted by atomic mass is 9.99. The van der Waals surface area contributed by atoms with Crippen LogP contribution in [0.1, 0.15) is 51.5 Å². The number of rotatable bonds is 5. The van der Waals surface area contributed by atoms with Crippen LogP contribution < -0.4 is 15.5 Å². The molecule has 0 bridgehead atoms. The molecular formula is C27H33N9OS. The summed E-state index contributed by atoms with van der Waals surface area (Å²) in [6.07, 6.45) is 10.3. The second-order valence-corrected chi connectivity index (χ2v) is 11.9. The first-order valence-corrected chi connectivity index (χ1v) is 14.4. The number of piperidine rings is 1. The summed E-state index contributed by atoms with van der Waals surface area (Å²) in [5.41, 5.74) is 4.22. The zero-order valence-corrected chi connectivity index (χ0v) is 22.5. The quantitative estimate of drug-likeness (QED) is 0.407. The molecule has 0 aromatic carbocycles. The summed E-state index contributed by atoms with van der Waals surface area (Å²) in [6.45, 7) is 4.42. The van der Waals surface area contributed by atoms with Crippen molar-refractivity contribution in [1.29, 1.82) is 0 Å². The van der Waals surface area contributed by atoms with E-state index in [1.54, 1.807) is 17.5 Å². The first-order valence-electron chi connectivity index (χ1n) is 13.6. The summed E-state index contributed by atoms with van der Waals surface area (Å²) in [4.78, 5) is 24.5. The average molecular weight is 532 g/mol. The van der Waals surface area contributed by atoms with Crippen LogP contribution in [0.3, 0.4) is 0 Å². The molecule has 3 aliphatic rings. The minimum Gasteiger partial charge on any atom is -0.353 e. The molecule has 0 spiro atoms. The molecule has 1 atom stereocenters. The Hall–Kier alpha value is -3.44. The SMILES string of the molecule is CN1CCn2nc(Nc3cc(N4CCC[C@H](NC(=O)c5cc6c(s5)CCCC6)C4)nn4ccnc34)cc2C1. The van der Waals surface area contributed by atoms with Crippen molar-refractivity contribution in [2.75, 3.05) is 36.9 Å². The fourth-order valence-electron chi connectivity index (χ4n) is 5.91. The van der Waals surface area contributed by atoms with Crippen molar-refractivity contribution in [2.24, 2.45) is 0 Å². The third kappa shape index (κ3) is 4.54. The number of nitrogens with zero attached hydrogens (tertiary/aromatic N) is 7. The Bertz CT molecular complexity index is 1460. The van der Waals surface area contributed by atoms with Gasteiger partial charge in [-0.15, -0.1) is 16.4 Å². The van der Waals surface area contributed by atoms with Crippen LogP contribution in [0.4, 0.5) is 17.3 Å². The van der Waals surface area contributed by atoms with Gasteiger partial charge in [0.15, 0.2) is 17.3 Å². The molecule has 38 heavy (non-hydrogen) atoms. The van der Waals surface area contributed by atoms with Crippen LogP contribution in [0.2, 0.25) is 0 Å². The summed E-state index contributed by atoms with van der Waals surface area (Å²) in [6, 6.07) is 6.38. The Balaban J connectivity index is 1.09. The second kappa shape index (κ2) is 9.70. The van der Waals surface area contributed by atoms with Crippen molar-refractivity contribution in [3.63, 3.8) is 0 Å². The zero-order chi connectivity index (χ0) is 25.6. The third-order valence-corrected chi connectivity index (χ3v) is 9.13. The Kier molecular flexibility index (Phi) is 6.04. The first kappa shape index (κ1) is 23.7. The van der Waals surface area contributed by atoms with Gasteiger partial charge in [0.1, 0.15) is 0 Å². The van der Waals surface area contributed by atoms with Gasteiger partial charge in [0, 0.05) is 61.6 Å². The molecule has 4 aromatic heterocycles. The maximum Gasteiger partial charge on any atom is 0.261 e. The first-order chi connectivity index (χ1) is 18.6. The standard InChI is InChI=1S/C27H33N9OS/c1-33-11-12-35-20(17-33)14-24(31-35)30-21-15-25(32-36-10-8-28-26(21)36)34-9-4-6-19(16-34)29-27(37)23-13-18-5-2-3-7-22(18)38-23/h8,10,13-15,19H,2-7,9,11-12,16-17H2,1H3,(H,29,37)(H,30,31)/t19-/m0/s1. The molecule has 1 amide bonds. The highest BCUT2D eigenvalue weighted by Crippen LogP contribution is 2.30. The van der Waals surface area contributed by atoms with Gasteiger partial charge in [-0.1, -0.05) is 0 Å². The molecule has 6 heterocycles. The van der Waals surface area contributed by atoms with E-state index in [4.69, 9.17) is 10.2 Å². The number of amides is 1. The van der Waals surface area contributed by atoms with Gasteiger partial charge in [0.25, 0.3) is 5.91 Å². The average Bonchev–Trinajstić information content (AvgIpc) is 3.66. The van der Waals surface area contributed by atoms with E-state index in [-0.39, 0.29) is 11.9 Å². The van der Waals surface area contributed by atoms with Crippen LogP contribution in [-0.4, -0.2) is 67.9 Å². The van der Waals surface area contributed by atoms with Crippen LogP contribution in [0.5, 0.6) is 0 Å². The summed E-state index contributed by atoms with van der Waals surface area (Å²) in [5.74, 6) is 1.75. The fraction of sp³-hybridized carbons (Fsp3) is 0.481. The van der Waals surface area contributed by atoms with Gasteiger partial charge in [0.05, 0.1) is 22.8 Å². The minimum atomic E-state index is 0.0611. The fourth-order valence-corrected chi connectivity index (χ4v) is 7.07. The number of anilines is 3. The predicted molar refractivity (Wildman–Crippen MR) is 148 cm³/mol.